The van der Waals surface area contributed by atoms with Crippen LogP contribution in [0, 0.1) is 0 Å². The first-order valence-corrected chi connectivity index (χ1v) is 4.16. The molecule has 1 aliphatic rings. The van der Waals surface area contributed by atoms with E-state index < -0.39 is 5.79 Å². The molecule has 0 atom stereocenters. The minimum atomic E-state index is -0.513. The lowest BCUT2D eigenvalue weighted by Crippen LogP contribution is -2.54. The molecule has 0 aromatic heterocycles. The van der Waals surface area contributed by atoms with E-state index in [1.807, 2.05) is 30.3 Å². The molecule has 1 fully saturated rings. The van der Waals surface area contributed by atoms with Gasteiger partial charge in [0.05, 0.1) is 0 Å². The van der Waals surface area contributed by atoms with E-state index in [1.54, 1.807) is 0 Å². The van der Waals surface area contributed by atoms with Gasteiger partial charge in [-0.2, -0.15) is 0 Å². The zero-order valence-electron chi connectivity index (χ0n) is 6.88. The summed E-state index contributed by atoms with van der Waals surface area (Å²) >= 11 is 0. The Morgan fingerprint density at radius 3 is 2.25 bits per heavy atom. The van der Waals surface area contributed by atoms with Crippen LogP contribution in [0.1, 0.15) is 5.56 Å². The van der Waals surface area contributed by atoms with Crippen molar-refractivity contribution < 1.29 is 0 Å². The van der Waals surface area contributed by atoms with Gasteiger partial charge in [-0.15, -0.1) is 0 Å². The molecule has 0 radical (unpaired) electrons. The highest BCUT2D eigenvalue weighted by Gasteiger charge is 2.29. The van der Waals surface area contributed by atoms with Crippen molar-refractivity contribution in [2.75, 3.05) is 13.1 Å². The van der Waals surface area contributed by atoms with Crippen LogP contribution in [0.25, 0.3) is 0 Å². The highest BCUT2D eigenvalue weighted by Crippen LogP contribution is 2.13. The Kier molecular flexibility index (Phi) is 1.84. The topological polar surface area (TPSA) is 50.1 Å². The molecule has 3 heteroatoms. The molecular formula is C9H13N3. The van der Waals surface area contributed by atoms with Gasteiger partial charge in [-0.25, -0.2) is 0 Å². The smallest absolute Gasteiger partial charge is 0.148 e. The number of hydrogen-bond donors (Lipinski definition) is 3. The fourth-order valence-corrected chi connectivity index (χ4v) is 1.49. The van der Waals surface area contributed by atoms with E-state index in [0.29, 0.717) is 0 Å². The second-order valence-corrected chi connectivity index (χ2v) is 3.03. The molecule has 3 nitrogen and oxygen atoms in total. The van der Waals surface area contributed by atoms with Crippen LogP contribution in [0.5, 0.6) is 0 Å². The van der Waals surface area contributed by atoms with E-state index in [0.717, 1.165) is 18.7 Å². The van der Waals surface area contributed by atoms with Crippen LogP contribution in [-0.2, 0) is 5.79 Å². The van der Waals surface area contributed by atoms with E-state index in [1.165, 1.54) is 0 Å². The number of rotatable bonds is 1. The van der Waals surface area contributed by atoms with E-state index in [2.05, 4.69) is 10.6 Å². The maximum absolute atomic E-state index is 6.06. The van der Waals surface area contributed by atoms with Crippen LogP contribution in [0.2, 0.25) is 0 Å². The second-order valence-electron chi connectivity index (χ2n) is 3.03. The molecule has 0 spiro atoms. The van der Waals surface area contributed by atoms with Gasteiger partial charge < -0.3 is 0 Å². The van der Waals surface area contributed by atoms with Crippen LogP contribution >= 0.6 is 0 Å². The molecule has 2 rings (SSSR count). The summed E-state index contributed by atoms with van der Waals surface area (Å²) in [5.41, 5.74) is 7.14. The Bertz CT molecular complexity index is 252. The third kappa shape index (κ3) is 1.22. The highest BCUT2D eigenvalue weighted by atomic mass is 15.3. The summed E-state index contributed by atoms with van der Waals surface area (Å²) in [6.07, 6.45) is 0. The van der Waals surface area contributed by atoms with Crippen molar-refractivity contribution in [2.24, 2.45) is 5.73 Å². The maximum Gasteiger partial charge on any atom is 0.148 e. The van der Waals surface area contributed by atoms with Crippen molar-refractivity contribution >= 4 is 0 Å². The van der Waals surface area contributed by atoms with Gasteiger partial charge >= 0.3 is 0 Å². The first kappa shape index (κ1) is 7.73. The second kappa shape index (κ2) is 2.86. The van der Waals surface area contributed by atoms with Crippen molar-refractivity contribution in [1.29, 1.82) is 0 Å². The van der Waals surface area contributed by atoms with Gasteiger partial charge in [-0.1, -0.05) is 30.3 Å². The first-order valence-electron chi connectivity index (χ1n) is 4.16. The average molecular weight is 163 g/mol. The predicted octanol–water partition coefficient (Wildman–Crippen LogP) is -0.0516. The van der Waals surface area contributed by atoms with Crippen LogP contribution in [0.15, 0.2) is 30.3 Å². The number of nitrogens with one attached hydrogen (secondary N) is 2. The molecule has 1 aliphatic heterocycles. The lowest BCUT2D eigenvalue weighted by Gasteiger charge is -2.24. The number of nitrogens with two attached hydrogens (primary N) is 1. The minimum Gasteiger partial charge on any atom is -0.297 e. The van der Waals surface area contributed by atoms with Crippen LogP contribution in [0.3, 0.4) is 0 Å². The van der Waals surface area contributed by atoms with Gasteiger partial charge in [-0.05, 0) is 0 Å². The van der Waals surface area contributed by atoms with Gasteiger partial charge in [0.1, 0.15) is 5.79 Å². The molecule has 0 unspecified atom stereocenters. The summed E-state index contributed by atoms with van der Waals surface area (Å²) in [6, 6.07) is 10.0. The molecule has 64 valence electrons. The largest absolute Gasteiger partial charge is 0.297 e. The molecule has 0 amide bonds. The van der Waals surface area contributed by atoms with Crippen molar-refractivity contribution in [3.05, 3.63) is 35.9 Å². The molecular weight excluding hydrogens is 150 g/mol. The summed E-state index contributed by atoms with van der Waals surface area (Å²) in [5, 5.41) is 6.43. The zero-order valence-corrected chi connectivity index (χ0v) is 6.88. The Hall–Kier alpha value is -0.900. The van der Waals surface area contributed by atoms with Gasteiger partial charge in [0.2, 0.25) is 0 Å². The Morgan fingerprint density at radius 2 is 1.67 bits per heavy atom. The van der Waals surface area contributed by atoms with Crippen molar-refractivity contribution in [3.8, 4) is 0 Å². The average Bonchev–Trinajstić information content (AvgIpc) is 2.55. The molecule has 0 bridgehead atoms. The van der Waals surface area contributed by atoms with E-state index >= 15 is 0 Å². The zero-order chi connectivity index (χ0) is 8.44. The summed E-state index contributed by atoms with van der Waals surface area (Å²) in [5.74, 6) is -0.513. The summed E-state index contributed by atoms with van der Waals surface area (Å²) in [7, 11) is 0. The standard InChI is InChI=1S/C9H13N3/c10-9(11-6-7-12-9)8-4-2-1-3-5-8/h1-5,11-12H,6-7,10H2. The SMILES string of the molecule is NC1(c2ccccc2)NCCN1. The quantitative estimate of drug-likeness (QED) is 0.544. The lowest BCUT2D eigenvalue weighted by molar-refractivity contribution is 0.360. The molecule has 1 aromatic carbocycles. The van der Waals surface area contributed by atoms with E-state index in [4.69, 9.17) is 5.73 Å². The molecule has 1 saturated heterocycles. The molecule has 1 heterocycles. The van der Waals surface area contributed by atoms with Gasteiger partial charge in [0.15, 0.2) is 0 Å². The van der Waals surface area contributed by atoms with E-state index in [-0.39, 0.29) is 0 Å². The predicted molar refractivity (Wildman–Crippen MR) is 48.3 cm³/mol. The van der Waals surface area contributed by atoms with Crippen molar-refractivity contribution in [2.45, 2.75) is 5.79 Å². The van der Waals surface area contributed by atoms with E-state index in [9.17, 15) is 0 Å². The minimum absolute atomic E-state index is 0.513. The van der Waals surface area contributed by atoms with Gasteiger partial charge in [-0.3, -0.25) is 16.4 Å². The first-order chi connectivity index (χ1) is 5.81. The monoisotopic (exact) mass is 163 g/mol. The lowest BCUT2D eigenvalue weighted by atomic mass is 10.1. The molecule has 12 heavy (non-hydrogen) atoms. The molecule has 0 aliphatic carbocycles. The number of benzene rings is 1. The fraction of sp³-hybridized carbons (Fsp3) is 0.333. The van der Waals surface area contributed by atoms with Gasteiger partial charge in [0, 0.05) is 18.7 Å². The normalized spacial score (nSPS) is 21.1. The van der Waals surface area contributed by atoms with Crippen LogP contribution in [-0.4, -0.2) is 13.1 Å². The summed E-state index contributed by atoms with van der Waals surface area (Å²) in [6.45, 7) is 1.84. The van der Waals surface area contributed by atoms with Crippen molar-refractivity contribution in [1.82, 2.24) is 10.6 Å². The molecule has 1 aromatic rings. The molecule has 0 saturated carbocycles. The van der Waals surface area contributed by atoms with Crippen LogP contribution < -0.4 is 16.4 Å². The maximum atomic E-state index is 6.06. The Labute approximate surface area is 72.0 Å². The van der Waals surface area contributed by atoms with Gasteiger partial charge in [0.25, 0.3) is 0 Å². The molecule has 4 N–H and O–H groups in total. The summed E-state index contributed by atoms with van der Waals surface area (Å²) < 4.78 is 0. The van der Waals surface area contributed by atoms with Crippen LogP contribution in [0.4, 0.5) is 0 Å². The fourth-order valence-electron chi connectivity index (χ4n) is 1.49. The Morgan fingerprint density at radius 1 is 1.08 bits per heavy atom. The number of hydrogen-bond acceptors (Lipinski definition) is 3. The summed E-state index contributed by atoms with van der Waals surface area (Å²) in [4.78, 5) is 0. The van der Waals surface area contributed by atoms with Crippen molar-refractivity contribution in [3.63, 3.8) is 0 Å². The third-order valence-electron chi connectivity index (χ3n) is 2.16. The highest BCUT2D eigenvalue weighted by molar-refractivity contribution is 5.23. The Balaban J connectivity index is 2.29. The third-order valence-corrected chi connectivity index (χ3v) is 2.16.